The largest absolute Gasteiger partial charge is 0.0935 e. The summed E-state index contributed by atoms with van der Waals surface area (Å²) in [7, 11) is 0. The summed E-state index contributed by atoms with van der Waals surface area (Å²) in [6.45, 7) is 0. The summed E-state index contributed by atoms with van der Waals surface area (Å²) in [5, 5.41) is 0. The van der Waals surface area contributed by atoms with E-state index in [1.54, 1.807) is 11.1 Å². The lowest BCUT2D eigenvalue weighted by atomic mass is 9.69. The fourth-order valence-corrected chi connectivity index (χ4v) is 7.35. The molecular weight excluding hydrogens is 340 g/mol. The third-order valence-electron chi connectivity index (χ3n) is 5.62. The van der Waals surface area contributed by atoms with Crippen molar-refractivity contribution in [2.75, 3.05) is 0 Å². The van der Waals surface area contributed by atoms with Crippen molar-refractivity contribution < 1.29 is 0 Å². The first kappa shape index (κ1) is 11.0. The maximum absolute atomic E-state index is 4.03. The highest BCUT2D eigenvalue weighted by Gasteiger charge is 2.85. The molecule has 2 fully saturated rings. The van der Waals surface area contributed by atoms with Gasteiger partial charge in [0.05, 0.1) is 3.23 Å². The first-order valence-electron chi connectivity index (χ1n) is 6.58. The first-order chi connectivity index (χ1) is 8.13. The minimum Gasteiger partial charge on any atom is -0.0714 e. The van der Waals surface area contributed by atoms with Gasteiger partial charge in [-0.15, -0.1) is 0 Å². The Labute approximate surface area is 119 Å². The van der Waals surface area contributed by atoms with E-state index in [1.165, 1.54) is 38.5 Å². The molecule has 0 aliphatic heterocycles. The van der Waals surface area contributed by atoms with E-state index in [2.05, 4.69) is 56.1 Å². The van der Waals surface area contributed by atoms with E-state index in [0.29, 0.717) is 10.8 Å². The fourth-order valence-electron chi connectivity index (χ4n) is 4.68. The summed E-state index contributed by atoms with van der Waals surface area (Å²) in [5.41, 5.74) is 4.16. The van der Waals surface area contributed by atoms with Gasteiger partial charge in [0.15, 0.2) is 0 Å². The number of benzene rings is 1. The molecule has 0 N–H and O–H groups in total. The molecular formula is C15H16Br2. The summed E-state index contributed by atoms with van der Waals surface area (Å²) in [5.74, 6) is 0. The van der Waals surface area contributed by atoms with Crippen molar-refractivity contribution in [3.63, 3.8) is 0 Å². The molecule has 0 spiro atoms. The molecule has 0 radical (unpaired) electrons. The zero-order valence-electron chi connectivity index (χ0n) is 9.81. The third-order valence-corrected chi connectivity index (χ3v) is 8.65. The van der Waals surface area contributed by atoms with Gasteiger partial charge in [-0.2, -0.15) is 0 Å². The fraction of sp³-hybridized carbons (Fsp3) is 0.600. The van der Waals surface area contributed by atoms with Crippen molar-refractivity contribution in [2.24, 2.45) is 10.8 Å². The number of hydrogen-bond donors (Lipinski definition) is 0. The molecule has 0 unspecified atom stereocenters. The topological polar surface area (TPSA) is 0 Å². The molecule has 3 aliphatic carbocycles. The van der Waals surface area contributed by atoms with Crippen LogP contribution < -0.4 is 0 Å². The molecule has 0 saturated heterocycles. The molecule has 0 nitrogen and oxygen atoms in total. The van der Waals surface area contributed by atoms with Crippen LogP contribution in [0.1, 0.15) is 36.8 Å². The van der Waals surface area contributed by atoms with Crippen LogP contribution >= 0.6 is 31.9 Å². The summed E-state index contributed by atoms with van der Waals surface area (Å²) in [6, 6.07) is 9.05. The van der Waals surface area contributed by atoms with Crippen LogP contribution in [0.4, 0.5) is 0 Å². The highest BCUT2D eigenvalue weighted by molar-refractivity contribution is 9.25. The van der Waals surface area contributed by atoms with Crippen LogP contribution in [0.3, 0.4) is 0 Å². The summed E-state index contributed by atoms with van der Waals surface area (Å²) in [6.07, 6.45) is 8.11. The second kappa shape index (κ2) is 3.19. The Morgan fingerprint density at radius 1 is 0.824 bits per heavy atom. The predicted octanol–water partition coefficient (Wildman–Crippen LogP) is 4.83. The quantitative estimate of drug-likeness (QED) is 0.584. The number of alkyl halides is 2. The first-order valence-corrected chi connectivity index (χ1v) is 8.16. The van der Waals surface area contributed by atoms with Crippen LogP contribution in [0.15, 0.2) is 24.3 Å². The lowest BCUT2D eigenvalue weighted by Crippen LogP contribution is -2.28. The molecule has 2 saturated carbocycles. The Balaban J connectivity index is 1.87. The Bertz CT molecular complexity index is 450. The van der Waals surface area contributed by atoms with Crippen LogP contribution in [-0.4, -0.2) is 3.23 Å². The van der Waals surface area contributed by atoms with Crippen molar-refractivity contribution in [2.45, 2.75) is 41.8 Å². The van der Waals surface area contributed by atoms with Gasteiger partial charge in [-0.3, -0.25) is 0 Å². The van der Waals surface area contributed by atoms with Gasteiger partial charge in [0, 0.05) is 10.8 Å². The highest BCUT2D eigenvalue weighted by atomic mass is 79.9. The van der Waals surface area contributed by atoms with E-state index in [9.17, 15) is 0 Å². The van der Waals surface area contributed by atoms with Gasteiger partial charge in [0.2, 0.25) is 0 Å². The predicted molar refractivity (Wildman–Crippen MR) is 77.8 cm³/mol. The number of rotatable bonds is 0. The normalized spacial score (nSPS) is 41.1. The molecule has 0 bridgehead atoms. The molecule has 17 heavy (non-hydrogen) atoms. The molecule has 0 amide bonds. The van der Waals surface area contributed by atoms with Gasteiger partial charge in [-0.25, -0.2) is 0 Å². The van der Waals surface area contributed by atoms with Crippen molar-refractivity contribution in [1.82, 2.24) is 0 Å². The standard InChI is InChI=1S/C15H16Br2/c16-15(17)13-7-3-4-8-14(13,15)10-12-6-2-1-5-11(12)9-13/h1-2,5-6H,3-4,7-10H2/t13-,14-/m1/s1. The molecule has 1 aromatic rings. The molecule has 3 aliphatic rings. The van der Waals surface area contributed by atoms with E-state index in [-0.39, 0.29) is 3.23 Å². The van der Waals surface area contributed by atoms with Gasteiger partial charge in [-0.05, 0) is 36.8 Å². The molecule has 4 rings (SSSR count). The van der Waals surface area contributed by atoms with Gasteiger partial charge in [0.1, 0.15) is 0 Å². The molecule has 2 atom stereocenters. The molecule has 1 aromatic carbocycles. The second-order valence-electron chi connectivity index (χ2n) is 6.07. The Morgan fingerprint density at radius 2 is 1.29 bits per heavy atom. The van der Waals surface area contributed by atoms with Crippen molar-refractivity contribution >= 4 is 31.9 Å². The Kier molecular flexibility index (Phi) is 2.07. The van der Waals surface area contributed by atoms with Crippen LogP contribution in [0.25, 0.3) is 0 Å². The van der Waals surface area contributed by atoms with E-state index >= 15 is 0 Å². The smallest absolute Gasteiger partial charge is 0.0714 e. The lowest BCUT2D eigenvalue weighted by Gasteiger charge is -2.34. The number of halogens is 2. The number of hydrogen-bond acceptors (Lipinski definition) is 0. The van der Waals surface area contributed by atoms with Gasteiger partial charge in [0.25, 0.3) is 0 Å². The second-order valence-corrected chi connectivity index (χ2v) is 9.51. The Morgan fingerprint density at radius 3 is 1.76 bits per heavy atom. The lowest BCUT2D eigenvalue weighted by molar-refractivity contribution is 0.221. The van der Waals surface area contributed by atoms with Crippen LogP contribution in [0.2, 0.25) is 0 Å². The molecule has 0 aromatic heterocycles. The van der Waals surface area contributed by atoms with E-state index in [1.807, 2.05) is 0 Å². The molecule has 90 valence electrons. The SMILES string of the molecule is BrC1(Br)[C@@]23CCCC[C@]12Cc1ccccc1C3. The van der Waals surface area contributed by atoms with Crippen LogP contribution in [0, 0.1) is 10.8 Å². The highest BCUT2D eigenvalue weighted by Crippen LogP contribution is 2.87. The van der Waals surface area contributed by atoms with E-state index in [4.69, 9.17) is 0 Å². The third kappa shape index (κ3) is 1.07. The number of fused-ring (bicyclic) bond motifs is 1. The summed E-state index contributed by atoms with van der Waals surface area (Å²) in [4.78, 5) is 0. The minimum absolute atomic E-state index is 0.204. The van der Waals surface area contributed by atoms with Crippen molar-refractivity contribution in [1.29, 1.82) is 0 Å². The van der Waals surface area contributed by atoms with Gasteiger partial charge in [-0.1, -0.05) is 69.0 Å². The maximum atomic E-state index is 4.03. The summed E-state index contributed by atoms with van der Waals surface area (Å²) >= 11 is 8.06. The zero-order valence-corrected chi connectivity index (χ0v) is 13.0. The monoisotopic (exact) mass is 354 g/mol. The summed E-state index contributed by atoms with van der Waals surface area (Å²) < 4.78 is 0.204. The van der Waals surface area contributed by atoms with E-state index < -0.39 is 0 Å². The minimum atomic E-state index is 0.204. The van der Waals surface area contributed by atoms with Crippen molar-refractivity contribution in [3.05, 3.63) is 35.4 Å². The molecule has 0 heterocycles. The average Bonchev–Trinajstić information content (AvgIpc) is 2.78. The Hall–Kier alpha value is 0.180. The van der Waals surface area contributed by atoms with Crippen molar-refractivity contribution in [3.8, 4) is 0 Å². The van der Waals surface area contributed by atoms with Crippen LogP contribution in [-0.2, 0) is 12.8 Å². The zero-order chi connectivity index (χ0) is 11.7. The van der Waals surface area contributed by atoms with Crippen LogP contribution in [0.5, 0.6) is 0 Å². The van der Waals surface area contributed by atoms with E-state index in [0.717, 1.165) is 0 Å². The maximum Gasteiger partial charge on any atom is 0.0935 e. The average molecular weight is 356 g/mol. The molecule has 2 heteroatoms. The van der Waals surface area contributed by atoms with Gasteiger partial charge < -0.3 is 0 Å². The van der Waals surface area contributed by atoms with Gasteiger partial charge >= 0.3 is 0 Å².